The van der Waals surface area contributed by atoms with Crippen molar-refractivity contribution in [1.29, 1.82) is 0 Å². The highest BCUT2D eigenvalue weighted by atomic mass is 16.5. The summed E-state index contributed by atoms with van der Waals surface area (Å²) in [7, 11) is 3.66. The predicted octanol–water partition coefficient (Wildman–Crippen LogP) is 0.875. The smallest absolute Gasteiger partial charge is 0.0946 e. The van der Waals surface area contributed by atoms with Gasteiger partial charge in [-0.15, -0.1) is 0 Å². The van der Waals surface area contributed by atoms with Gasteiger partial charge in [-0.25, -0.2) is 4.98 Å². The second-order valence-corrected chi connectivity index (χ2v) is 3.83. The van der Waals surface area contributed by atoms with Crippen LogP contribution in [0.1, 0.15) is 5.69 Å². The molecule has 0 aliphatic carbocycles. The van der Waals surface area contributed by atoms with Crippen LogP contribution in [-0.2, 0) is 24.9 Å². The summed E-state index contributed by atoms with van der Waals surface area (Å²) in [5, 5.41) is 7.53. The van der Waals surface area contributed by atoms with Gasteiger partial charge in [-0.2, -0.15) is 5.10 Å². The minimum Gasteiger partial charge on any atom is -0.383 e. The Morgan fingerprint density at radius 2 is 2.29 bits per heavy atom. The number of aromatic nitrogens is 4. The molecule has 0 fully saturated rings. The van der Waals surface area contributed by atoms with Gasteiger partial charge in [0.05, 0.1) is 43.6 Å². The number of hydrogen-bond acceptors (Lipinski definition) is 4. The molecule has 17 heavy (non-hydrogen) atoms. The van der Waals surface area contributed by atoms with Crippen LogP contribution in [0.5, 0.6) is 0 Å². The van der Waals surface area contributed by atoms with Crippen molar-refractivity contribution in [3.05, 3.63) is 30.6 Å². The van der Waals surface area contributed by atoms with E-state index >= 15 is 0 Å². The lowest BCUT2D eigenvalue weighted by Gasteiger charge is -2.03. The Morgan fingerprint density at radius 3 is 3.00 bits per heavy atom. The SMILES string of the molecule is COCCn1cc(NCc2cncn2C)cn1. The number of anilines is 1. The van der Waals surface area contributed by atoms with Gasteiger partial charge in [0.25, 0.3) is 0 Å². The fraction of sp³-hybridized carbons (Fsp3) is 0.455. The van der Waals surface area contributed by atoms with Gasteiger partial charge in [0.15, 0.2) is 0 Å². The minimum atomic E-state index is 0.669. The van der Waals surface area contributed by atoms with E-state index in [1.165, 1.54) is 0 Å². The van der Waals surface area contributed by atoms with E-state index in [0.29, 0.717) is 6.61 Å². The lowest BCUT2D eigenvalue weighted by Crippen LogP contribution is -2.05. The average Bonchev–Trinajstić information content (AvgIpc) is 2.93. The van der Waals surface area contributed by atoms with Crippen molar-refractivity contribution < 1.29 is 4.74 Å². The summed E-state index contributed by atoms with van der Waals surface area (Å²) in [4.78, 5) is 4.07. The van der Waals surface area contributed by atoms with Crippen LogP contribution < -0.4 is 5.32 Å². The normalized spacial score (nSPS) is 10.7. The Hall–Kier alpha value is -1.82. The van der Waals surface area contributed by atoms with E-state index in [0.717, 1.165) is 24.5 Å². The first-order valence-electron chi connectivity index (χ1n) is 5.50. The summed E-state index contributed by atoms with van der Waals surface area (Å²) in [6.07, 6.45) is 7.42. The zero-order chi connectivity index (χ0) is 12.1. The van der Waals surface area contributed by atoms with E-state index in [1.807, 2.05) is 34.9 Å². The second-order valence-electron chi connectivity index (χ2n) is 3.83. The van der Waals surface area contributed by atoms with Gasteiger partial charge in [-0.1, -0.05) is 0 Å². The molecule has 0 amide bonds. The van der Waals surface area contributed by atoms with Crippen molar-refractivity contribution >= 4 is 5.69 Å². The largest absolute Gasteiger partial charge is 0.383 e. The van der Waals surface area contributed by atoms with Crippen LogP contribution in [0.4, 0.5) is 5.69 Å². The fourth-order valence-corrected chi connectivity index (χ4v) is 1.51. The third-order valence-electron chi connectivity index (χ3n) is 2.55. The summed E-state index contributed by atoms with van der Waals surface area (Å²) in [5.41, 5.74) is 2.14. The van der Waals surface area contributed by atoms with Crippen molar-refractivity contribution in [3.63, 3.8) is 0 Å². The zero-order valence-corrected chi connectivity index (χ0v) is 10.1. The first-order valence-corrected chi connectivity index (χ1v) is 5.50. The standard InChI is InChI=1S/C11H17N5O/c1-15-9-12-6-11(15)7-13-10-5-14-16(8-10)3-4-17-2/h5-6,8-9,13H,3-4,7H2,1-2H3. The van der Waals surface area contributed by atoms with Gasteiger partial charge in [-0.05, 0) is 0 Å². The third-order valence-corrected chi connectivity index (χ3v) is 2.55. The van der Waals surface area contributed by atoms with Crippen LogP contribution in [-0.4, -0.2) is 33.0 Å². The lowest BCUT2D eigenvalue weighted by molar-refractivity contribution is 0.183. The van der Waals surface area contributed by atoms with Crippen LogP contribution in [0.3, 0.4) is 0 Å². The van der Waals surface area contributed by atoms with Gasteiger partial charge in [-0.3, -0.25) is 4.68 Å². The summed E-state index contributed by atoms with van der Waals surface area (Å²) in [5.74, 6) is 0. The van der Waals surface area contributed by atoms with Crippen molar-refractivity contribution in [3.8, 4) is 0 Å². The molecule has 92 valence electrons. The molecule has 0 aromatic carbocycles. The van der Waals surface area contributed by atoms with Gasteiger partial charge in [0.2, 0.25) is 0 Å². The molecule has 0 spiro atoms. The molecule has 0 radical (unpaired) electrons. The summed E-state index contributed by atoms with van der Waals surface area (Å²) < 4.78 is 8.84. The predicted molar refractivity (Wildman–Crippen MR) is 64.6 cm³/mol. The second kappa shape index (κ2) is 5.49. The number of nitrogens with zero attached hydrogens (tertiary/aromatic N) is 4. The van der Waals surface area contributed by atoms with E-state index in [2.05, 4.69) is 15.4 Å². The molecular weight excluding hydrogens is 218 g/mol. The Balaban J connectivity index is 1.87. The quantitative estimate of drug-likeness (QED) is 0.807. The Kier molecular flexibility index (Phi) is 3.77. The number of rotatable bonds is 6. The van der Waals surface area contributed by atoms with Crippen LogP contribution in [0.2, 0.25) is 0 Å². The van der Waals surface area contributed by atoms with Crippen molar-refractivity contribution in [1.82, 2.24) is 19.3 Å². The fourth-order valence-electron chi connectivity index (χ4n) is 1.51. The maximum absolute atomic E-state index is 5.00. The van der Waals surface area contributed by atoms with E-state index in [1.54, 1.807) is 13.4 Å². The monoisotopic (exact) mass is 235 g/mol. The first kappa shape index (κ1) is 11.7. The van der Waals surface area contributed by atoms with Gasteiger partial charge < -0.3 is 14.6 Å². The number of imidazole rings is 1. The Morgan fingerprint density at radius 1 is 1.41 bits per heavy atom. The summed E-state index contributed by atoms with van der Waals surface area (Å²) in [6.45, 7) is 2.18. The molecule has 0 saturated heterocycles. The van der Waals surface area contributed by atoms with Crippen LogP contribution >= 0.6 is 0 Å². The average molecular weight is 235 g/mol. The molecule has 2 rings (SSSR count). The Bertz CT molecular complexity index is 462. The maximum Gasteiger partial charge on any atom is 0.0946 e. The number of aryl methyl sites for hydroxylation is 1. The molecule has 2 heterocycles. The number of hydrogen-bond donors (Lipinski definition) is 1. The lowest BCUT2D eigenvalue weighted by atomic mass is 10.4. The number of methoxy groups -OCH3 is 1. The Labute approximate surface area is 100 Å². The molecular formula is C11H17N5O. The molecule has 6 nitrogen and oxygen atoms in total. The van der Waals surface area contributed by atoms with Crippen molar-refractivity contribution in [2.75, 3.05) is 19.0 Å². The maximum atomic E-state index is 5.00. The number of nitrogens with one attached hydrogen (secondary N) is 1. The van der Waals surface area contributed by atoms with Gasteiger partial charge in [0, 0.05) is 26.6 Å². The molecule has 0 aliphatic heterocycles. The molecule has 1 N–H and O–H groups in total. The van der Waals surface area contributed by atoms with E-state index in [-0.39, 0.29) is 0 Å². The molecule has 2 aromatic heterocycles. The van der Waals surface area contributed by atoms with Crippen LogP contribution in [0, 0.1) is 0 Å². The molecule has 0 bridgehead atoms. The molecule has 2 aromatic rings. The molecule has 0 aliphatic rings. The minimum absolute atomic E-state index is 0.669. The highest BCUT2D eigenvalue weighted by Crippen LogP contribution is 2.07. The molecule has 0 saturated carbocycles. The van der Waals surface area contributed by atoms with E-state index < -0.39 is 0 Å². The first-order chi connectivity index (χ1) is 8.29. The van der Waals surface area contributed by atoms with E-state index in [4.69, 9.17) is 4.74 Å². The molecule has 6 heteroatoms. The van der Waals surface area contributed by atoms with Crippen LogP contribution in [0.25, 0.3) is 0 Å². The van der Waals surface area contributed by atoms with Crippen LogP contribution in [0.15, 0.2) is 24.9 Å². The van der Waals surface area contributed by atoms with Gasteiger partial charge >= 0.3 is 0 Å². The third kappa shape index (κ3) is 3.07. The van der Waals surface area contributed by atoms with Gasteiger partial charge in [0.1, 0.15) is 0 Å². The summed E-state index contributed by atoms with van der Waals surface area (Å²) in [6, 6.07) is 0. The topological polar surface area (TPSA) is 56.9 Å². The highest BCUT2D eigenvalue weighted by Gasteiger charge is 2.00. The van der Waals surface area contributed by atoms with E-state index in [9.17, 15) is 0 Å². The zero-order valence-electron chi connectivity index (χ0n) is 10.1. The summed E-state index contributed by atoms with van der Waals surface area (Å²) >= 11 is 0. The highest BCUT2D eigenvalue weighted by molar-refractivity contribution is 5.38. The van der Waals surface area contributed by atoms with Crippen molar-refractivity contribution in [2.45, 2.75) is 13.1 Å². The number of ether oxygens (including phenoxy) is 1. The molecule has 0 atom stereocenters. The van der Waals surface area contributed by atoms with Crippen molar-refractivity contribution in [2.24, 2.45) is 7.05 Å². The molecule has 0 unspecified atom stereocenters.